The lowest BCUT2D eigenvalue weighted by molar-refractivity contribution is 0.581. The number of aryl methyl sites for hydroxylation is 1. The average molecular weight is 308 g/mol. The minimum absolute atomic E-state index is 0.0161. The molecule has 1 aromatic heterocycles. The molecule has 19 heavy (non-hydrogen) atoms. The predicted molar refractivity (Wildman–Crippen MR) is 75.7 cm³/mol. The minimum atomic E-state index is -3.69. The highest BCUT2D eigenvalue weighted by Gasteiger charge is 2.20. The summed E-state index contributed by atoms with van der Waals surface area (Å²) in [5.41, 5.74) is 5.60. The van der Waals surface area contributed by atoms with Crippen LogP contribution in [0.15, 0.2) is 11.1 Å². The Morgan fingerprint density at radius 1 is 1.47 bits per heavy atom. The summed E-state index contributed by atoms with van der Waals surface area (Å²) < 4.78 is 39.1. The number of nitrogen functional groups attached to an aromatic ring is 1. The van der Waals surface area contributed by atoms with E-state index in [-0.39, 0.29) is 17.3 Å². The van der Waals surface area contributed by atoms with Crippen LogP contribution in [0.2, 0.25) is 0 Å². The lowest BCUT2D eigenvalue weighted by Crippen LogP contribution is -2.28. The van der Waals surface area contributed by atoms with Crippen molar-refractivity contribution in [2.24, 2.45) is 0 Å². The maximum absolute atomic E-state index is 12.0. The molecule has 0 fully saturated rings. The van der Waals surface area contributed by atoms with Crippen LogP contribution >= 0.6 is 0 Å². The smallest absolute Gasteiger partial charge is 0.245 e. The number of hydrogen-bond donors (Lipinski definition) is 2. The van der Waals surface area contributed by atoms with Crippen LogP contribution in [0.3, 0.4) is 0 Å². The molecule has 0 bridgehead atoms. The van der Waals surface area contributed by atoms with Crippen molar-refractivity contribution in [3.63, 3.8) is 0 Å². The molecule has 7 nitrogen and oxygen atoms in total. The Kier molecular flexibility index (Phi) is 5.95. The van der Waals surface area contributed by atoms with Crippen LogP contribution in [0, 0.1) is 0 Å². The molecule has 1 aromatic rings. The van der Waals surface area contributed by atoms with Crippen molar-refractivity contribution in [3.05, 3.63) is 6.20 Å². The first-order valence-electron chi connectivity index (χ1n) is 6.08. The number of hydrogen-bond acceptors (Lipinski definition) is 5. The SMILES string of the molecule is CCCn1cc(S(=O)(=O)NCCS(=O)CC)c(N)n1. The topological polar surface area (TPSA) is 107 Å². The van der Waals surface area contributed by atoms with E-state index in [0.29, 0.717) is 18.1 Å². The number of anilines is 1. The Bertz CT molecular complexity index is 539. The third-order valence-electron chi connectivity index (χ3n) is 2.44. The molecule has 0 spiro atoms. The molecule has 0 aliphatic carbocycles. The first-order chi connectivity index (χ1) is 8.90. The molecule has 1 heterocycles. The largest absolute Gasteiger partial charge is 0.381 e. The summed E-state index contributed by atoms with van der Waals surface area (Å²) in [4.78, 5) is -0.0248. The summed E-state index contributed by atoms with van der Waals surface area (Å²) in [6.07, 6.45) is 2.25. The van der Waals surface area contributed by atoms with E-state index in [1.54, 1.807) is 6.92 Å². The average Bonchev–Trinajstić information content (AvgIpc) is 2.71. The first kappa shape index (κ1) is 16.1. The van der Waals surface area contributed by atoms with Gasteiger partial charge in [0.2, 0.25) is 10.0 Å². The van der Waals surface area contributed by atoms with Gasteiger partial charge in [0.15, 0.2) is 5.82 Å². The quantitative estimate of drug-likeness (QED) is 0.698. The Hall–Kier alpha value is -0.930. The molecule has 9 heteroatoms. The molecular weight excluding hydrogens is 288 g/mol. The highest BCUT2D eigenvalue weighted by Crippen LogP contribution is 2.15. The predicted octanol–water partition coefficient (Wildman–Crippen LogP) is -0.0778. The fourth-order valence-electron chi connectivity index (χ4n) is 1.48. The molecule has 0 amide bonds. The fraction of sp³-hybridized carbons (Fsp3) is 0.700. The van der Waals surface area contributed by atoms with E-state index < -0.39 is 20.8 Å². The van der Waals surface area contributed by atoms with Crippen molar-refractivity contribution in [3.8, 4) is 0 Å². The number of aromatic nitrogens is 2. The summed E-state index contributed by atoms with van der Waals surface area (Å²) in [5, 5.41) is 3.94. The van der Waals surface area contributed by atoms with Gasteiger partial charge in [-0.2, -0.15) is 5.10 Å². The Balaban J connectivity index is 2.74. The van der Waals surface area contributed by atoms with E-state index in [1.807, 2.05) is 6.92 Å². The van der Waals surface area contributed by atoms with Crippen LogP contribution in [0.1, 0.15) is 20.3 Å². The third kappa shape index (κ3) is 4.59. The van der Waals surface area contributed by atoms with Gasteiger partial charge in [-0.15, -0.1) is 0 Å². The summed E-state index contributed by atoms with van der Waals surface area (Å²) in [7, 11) is -4.69. The van der Waals surface area contributed by atoms with Gasteiger partial charge in [0.25, 0.3) is 0 Å². The normalized spacial score (nSPS) is 13.6. The van der Waals surface area contributed by atoms with Gasteiger partial charge in [-0.1, -0.05) is 13.8 Å². The van der Waals surface area contributed by atoms with E-state index in [4.69, 9.17) is 5.73 Å². The lowest BCUT2D eigenvalue weighted by atomic mass is 10.5. The van der Waals surface area contributed by atoms with Gasteiger partial charge in [0.1, 0.15) is 4.90 Å². The van der Waals surface area contributed by atoms with Crippen LogP contribution in [0.25, 0.3) is 0 Å². The van der Waals surface area contributed by atoms with Crippen LogP contribution in [-0.2, 0) is 27.4 Å². The van der Waals surface area contributed by atoms with Crippen LogP contribution in [0.4, 0.5) is 5.82 Å². The molecule has 0 radical (unpaired) electrons. The van der Waals surface area contributed by atoms with Crippen molar-refractivity contribution < 1.29 is 12.6 Å². The molecule has 0 aliphatic heterocycles. The van der Waals surface area contributed by atoms with Gasteiger partial charge in [-0.3, -0.25) is 8.89 Å². The second-order valence-corrected chi connectivity index (χ2v) is 7.57. The highest BCUT2D eigenvalue weighted by molar-refractivity contribution is 7.89. The Labute approximate surface area is 116 Å². The monoisotopic (exact) mass is 308 g/mol. The van der Waals surface area contributed by atoms with Crippen molar-refractivity contribution in [2.45, 2.75) is 31.7 Å². The first-order valence-corrected chi connectivity index (χ1v) is 9.05. The van der Waals surface area contributed by atoms with Gasteiger partial charge in [0.05, 0.1) is 0 Å². The fourth-order valence-corrected chi connectivity index (χ4v) is 3.33. The Morgan fingerprint density at radius 3 is 2.74 bits per heavy atom. The minimum Gasteiger partial charge on any atom is -0.381 e. The number of rotatable bonds is 8. The molecular formula is C10H20N4O3S2. The number of nitrogens with one attached hydrogen (secondary N) is 1. The van der Waals surface area contributed by atoms with Gasteiger partial charge >= 0.3 is 0 Å². The van der Waals surface area contributed by atoms with Crippen LogP contribution < -0.4 is 10.5 Å². The molecule has 1 atom stereocenters. The van der Waals surface area contributed by atoms with Crippen LogP contribution in [0.5, 0.6) is 0 Å². The molecule has 0 aromatic carbocycles. The van der Waals surface area contributed by atoms with E-state index >= 15 is 0 Å². The van der Waals surface area contributed by atoms with Crippen molar-refractivity contribution in [2.75, 3.05) is 23.8 Å². The molecule has 0 saturated carbocycles. The van der Waals surface area contributed by atoms with Gasteiger partial charge in [-0.05, 0) is 6.42 Å². The molecule has 0 aliphatic rings. The number of nitrogens with zero attached hydrogens (tertiary/aromatic N) is 2. The number of nitrogens with two attached hydrogens (primary N) is 1. The van der Waals surface area contributed by atoms with E-state index in [2.05, 4.69) is 9.82 Å². The van der Waals surface area contributed by atoms with E-state index in [0.717, 1.165) is 6.42 Å². The lowest BCUT2D eigenvalue weighted by Gasteiger charge is -2.04. The summed E-state index contributed by atoms with van der Waals surface area (Å²) in [6.45, 7) is 4.49. The van der Waals surface area contributed by atoms with Gasteiger partial charge in [0, 0.05) is 41.6 Å². The van der Waals surface area contributed by atoms with Gasteiger partial charge in [-0.25, -0.2) is 13.1 Å². The zero-order chi connectivity index (χ0) is 14.5. The third-order valence-corrected chi connectivity index (χ3v) is 5.22. The second-order valence-electron chi connectivity index (χ2n) is 3.97. The molecule has 1 unspecified atom stereocenters. The second kappa shape index (κ2) is 7.01. The summed E-state index contributed by atoms with van der Waals surface area (Å²) in [5.74, 6) is 0.786. The standard InChI is InChI=1S/C10H20N4O3S2/c1-3-6-14-8-9(10(11)13-14)19(16,17)12-5-7-18(15)4-2/h8,12H,3-7H2,1-2H3,(H2,11,13). The van der Waals surface area contributed by atoms with E-state index in [9.17, 15) is 12.6 Å². The Morgan fingerprint density at radius 2 is 2.16 bits per heavy atom. The summed E-state index contributed by atoms with van der Waals surface area (Å²) in [6, 6.07) is 0. The van der Waals surface area contributed by atoms with Crippen molar-refractivity contribution in [1.82, 2.24) is 14.5 Å². The van der Waals surface area contributed by atoms with Crippen molar-refractivity contribution >= 4 is 26.6 Å². The summed E-state index contributed by atoms with van der Waals surface area (Å²) >= 11 is 0. The molecule has 110 valence electrons. The number of sulfonamides is 1. The molecule has 3 N–H and O–H groups in total. The zero-order valence-electron chi connectivity index (χ0n) is 11.1. The zero-order valence-corrected chi connectivity index (χ0v) is 12.8. The van der Waals surface area contributed by atoms with Crippen molar-refractivity contribution in [1.29, 1.82) is 0 Å². The van der Waals surface area contributed by atoms with E-state index in [1.165, 1.54) is 10.9 Å². The maximum Gasteiger partial charge on any atom is 0.245 e. The molecule has 0 saturated heterocycles. The van der Waals surface area contributed by atoms with Crippen LogP contribution in [-0.4, -0.2) is 40.5 Å². The maximum atomic E-state index is 12.0. The highest BCUT2D eigenvalue weighted by atomic mass is 32.2. The molecule has 1 rings (SSSR count). The van der Waals surface area contributed by atoms with Gasteiger partial charge < -0.3 is 5.73 Å².